The van der Waals surface area contributed by atoms with E-state index in [-0.39, 0.29) is 11.7 Å². The minimum Gasteiger partial charge on any atom is -0.478 e. The number of carboxylic acid groups (broad SMARTS) is 1. The fraction of sp³-hybridized carbons (Fsp3) is 0.344. The lowest BCUT2D eigenvalue weighted by Crippen LogP contribution is -2.34. The summed E-state index contributed by atoms with van der Waals surface area (Å²) in [5, 5.41) is 9.15. The van der Waals surface area contributed by atoms with E-state index in [0.717, 1.165) is 65.2 Å². The third-order valence-electron chi connectivity index (χ3n) is 8.13. The first-order valence-electron chi connectivity index (χ1n) is 14.0. The molecule has 218 valence electrons. The lowest BCUT2D eigenvalue weighted by molar-refractivity contribution is -0.131. The Morgan fingerprint density at radius 1 is 1.17 bits per heavy atom. The highest BCUT2D eigenvalue weighted by Gasteiger charge is 2.42. The van der Waals surface area contributed by atoms with Crippen LogP contribution in [0.25, 0.3) is 6.08 Å². The van der Waals surface area contributed by atoms with E-state index in [9.17, 15) is 9.18 Å². The number of ether oxygens (including phenoxy) is 2. The molecule has 1 saturated heterocycles. The SMILES string of the molecule is Cc1ccc(C2(C)Oc3cccc(C4CCN(Cc5ncc(/C=C/C(=O)O)n5Cc5scnc5C)CC4)c3O2)c(F)c1. The maximum atomic E-state index is 14.9. The van der Waals surface area contributed by atoms with Crippen molar-refractivity contribution in [1.82, 2.24) is 19.4 Å². The smallest absolute Gasteiger partial charge is 0.328 e. The van der Waals surface area contributed by atoms with E-state index in [4.69, 9.17) is 14.6 Å². The first-order chi connectivity index (χ1) is 20.2. The van der Waals surface area contributed by atoms with Gasteiger partial charge in [0.2, 0.25) is 0 Å². The lowest BCUT2D eigenvalue weighted by atomic mass is 9.88. The maximum Gasteiger partial charge on any atom is 0.328 e. The molecule has 0 aliphatic carbocycles. The van der Waals surface area contributed by atoms with Crippen molar-refractivity contribution in [3.05, 3.63) is 98.8 Å². The normalized spacial score (nSPS) is 19.1. The van der Waals surface area contributed by atoms with Crippen molar-refractivity contribution < 1.29 is 23.8 Å². The summed E-state index contributed by atoms with van der Waals surface area (Å²) in [6.07, 6.45) is 6.32. The number of rotatable bonds is 8. The van der Waals surface area contributed by atoms with Gasteiger partial charge < -0.3 is 19.1 Å². The van der Waals surface area contributed by atoms with Gasteiger partial charge in [0, 0.05) is 23.4 Å². The quantitative estimate of drug-likeness (QED) is 0.243. The highest BCUT2D eigenvalue weighted by Crippen LogP contribution is 2.49. The number of para-hydroxylation sites is 1. The molecule has 42 heavy (non-hydrogen) atoms. The molecule has 0 bridgehead atoms. The van der Waals surface area contributed by atoms with Crippen LogP contribution in [0.5, 0.6) is 11.5 Å². The van der Waals surface area contributed by atoms with E-state index >= 15 is 0 Å². The number of halogens is 1. The number of fused-ring (bicyclic) bond motifs is 1. The number of aryl methyl sites for hydroxylation is 2. The summed E-state index contributed by atoms with van der Waals surface area (Å²) in [5.41, 5.74) is 5.86. The van der Waals surface area contributed by atoms with Crippen LogP contribution in [0.3, 0.4) is 0 Å². The summed E-state index contributed by atoms with van der Waals surface area (Å²) in [7, 11) is 0. The summed E-state index contributed by atoms with van der Waals surface area (Å²) < 4.78 is 29.5. The summed E-state index contributed by atoms with van der Waals surface area (Å²) in [5.74, 6) is -0.0595. The van der Waals surface area contributed by atoms with Gasteiger partial charge in [0.15, 0.2) is 11.5 Å². The monoisotopic (exact) mass is 588 g/mol. The third kappa shape index (κ3) is 5.56. The van der Waals surface area contributed by atoms with Gasteiger partial charge in [-0.1, -0.05) is 18.2 Å². The number of likely N-dealkylation sites (tertiary alicyclic amines) is 1. The van der Waals surface area contributed by atoms with E-state index in [1.807, 2.05) is 37.6 Å². The maximum absolute atomic E-state index is 14.9. The van der Waals surface area contributed by atoms with Gasteiger partial charge in [-0.05, 0) is 75.5 Å². The number of aromatic nitrogens is 3. The average molecular weight is 589 g/mol. The highest BCUT2D eigenvalue weighted by molar-refractivity contribution is 7.09. The van der Waals surface area contributed by atoms with E-state index in [0.29, 0.717) is 30.2 Å². The Hall–Kier alpha value is -4.02. The fourth-order valence-electron chi connectivity index (χ4n) is 5.82. The van der Waals surface area contributed by atoms with Crippen LogP contribution in [0.4, 0.5) is 4.39 Å². The number of nitrogens with zero attached hydrogens (tertiary/aromatic N) is 4. The van der Waals surface area contributed by atoms with Crippen LogP contribution in [-0.4, -0.2) is 43.6 Å². The predicted octanol–water partition coefficient (Wildman–Crippen LogP) is 6.27. The number of aliphatic carboxylic acids is 1. The van der Waals surface area contributed by atoms with Crippen LogP contribution >= 0.6 is 11.3 Å². The van der Waals surface area contributed by atoms with Crippen molar-refractivity contribution in [2.24, 2.45) is 0 Å². The van der Waals surface area contributed by atoms with Gasteiger partial charge in [-0.2, -0.15) is 0 Å². The molecule has 8 nitrogen and oxygen atoms in total. The molecule has 0 amide bonds. The number of carbonyl (C=O) groups is 1. The van der Waals surface area contributed by atoms with E-state index in [1.54, 1.807) is 36.6 Å². The van der Waals surface area contributed by atoms with Crippen LogP contribution < -0.4 is 9.47 Å². The summed E-state index contributed by atoms with van der Waals surface area (Å²) in [6.45, 7) is 8.59. The molecule has 0 radical (unpaired) electrons. The van der Waals surface area contributed by atoms with Crippen LogP contribution in [0.1, 0.15) is 64.5 Å². The van der Waals surface area contributed by atoms with Crippen LogP contribution in [0, 0.1) is 19.7 Å². The largest absolute Gasteiger partial charge is 0.478 e. The molecule has 10 heteroatoms. The lowest BCUT2D eigenvalue weighted by Gasteiger charge is -2.32. The second-order valence-electron chi connectivity index (χ2n) is 11.1. The number of benzene rings is 2. The molecule has 0 saturated carbocycles. The van der Waals surface area contributed by atoms with Crippen molar-refractivity contribution in [3.63, 3.8) is 0 Å². The van der Waals surface area contributed by atoms with E-state index in [1.165, 1.54) is 6.07 Å². The Morgan fingerprint density at radius 2 is 1.98 bits per heavy atom. The zero-order valence-electron chi connectivity index (χ0n) is 23.8. The summed E-state index contributed by atoms with van der Waals surface area (Å²) in [6, 6.07) is 11.0. The van der Waals surface area contributed by atoms with Gasteiger partial charge in [0.05, 0.1) is 41.7 Å². The molecule has 4 aromatic rings. The van der Waals surface area contributed by atoms with Crippen molar-refractivity contribution in [1.29, 1.82) is 0 Å². The number of hydrogen-bond donors (Lipinski definition) is 1. The molecular weight excluding hydrogens is 555 g/mol. The molecule has 1 fully saturated rings. The Kier molecular flexibility index (Phi) is 7.59. The van der Waals surface area contributed by atoms with Crippen molar-refractivity contribution >= 4 is 23.4 Å². The predicted molar refractivity (Wildman–Crippen MR) is 158 cm³/mol. The van der Waals surface area contributed by atoms with E-state index < -0.39 is 11.8 Å². The van der Waals surface area contributed by atoms with Gasteiger partial charge in [0.1, 0.15) is 11.6 Å². The first kappa shape index (κ1) is 28.1. The molecular formula is C32H33FN4O4S. The van der Waals surface area contributed by atoms with Gasteiger partial charge in [-0.15, -0.1) is 11.3 Å². The number of thiazole rings is 1. The van der Waals surface area contributed by atoms with Gasteiger partial charge in [-0.3, -0.25) is 4.90 Å². The van der Waals surface area contributed by atoms with Crippen molar-refractivity contribution in [3.8, 4) is 11.5 Å². The summed E-state index contributed by atoms with van der Waals surface area (Å²) in [4.78, 5) is 23.7. The molecule has 1 unspecified atom stereocenters. The Balaban J connectivity index is 1.16. The standard InChI is InChI=1S/C32H33FN4O4S/c1-20-7-9-25(26(33)15-20)32(3)40-27-6-4-5-24(31(27)41-32)22-11-13-36(14-12-22)18-29-34-16-23(8-10-30(38)39)37(29)17-28-21(2)35-19-42-28/h4-10,15-16,19,22H,11-14,17-18H2,1-3H3,(H,38,39)/b10-8+. The number of piperidine rings is 1. The summed E-state index contributed by atoms with van der Waals surface area (Å²) >= 11 is 1.59. The molecule has 1 N–H and O–H groups in total. The molecule has 4 heterocycles. The van der Waals surface area contributed by atoms with Crippen LogP contribution in [-0.2, 0) is 23.7 Å². The van der Waals surface area contributed by atoms with Crippen LogP contribution in [0.2, 0.25) is 0 Å². The van der Waals surface area contributed by atoms with Crippen molar-refractivity contribution in [2.45, 2.75) is 58.4 Å². The molecule has 2 aliphatic rings. The first-order valence-corrected chi connectivity index (χ1v) is 14.9. The second kappa shape index (κ2) is 11.3. The Morgan fingerprint density at radius 3 is 2.69 bits per heavy atom. The van der Waals surface area contributed by atoms with Crippen molar-refractivity contribution in [2.75, 3.05) is 13.1 Å². The fourth-order valence-corrected chi connectivity index (χ4v) is 6.58. The number of imidazole rings is 1. The number of hydrogen-bond acceptors (Lipinski definition) is 7. The van der Waals surface area contributed by atoms with Crippen LogP contribution in [0.15, 0.2) is 54.2 Å². The average Bonchev–Trinajstić information content (AvgIpc) is 3.64. The molecule has 2 aromatic carbocycles. The minimum atomic E-state index is -1.22. The molecule has 1 atom stereocenters. The zero-order chi connectivity index (χ0) is 29.4. The third-order valence-corrected chi connectivity index (χ3v) is 9.05. The molecule has 6 rings (SSSR count). The molecule has 2 aliphatic heterocycles. The Labute approximate surface area is 248 Å². The minimum absolute atomic E-state index is 0.277. The van der Waals surface area contributed by atoms with E-state index in [2.05, 4.69) is 25.5 Å². The molecule has 2 aromatic heterocycles. The van der Waals surface area contributed by atoms with Gasteiger partial charge >= 0.3 is 5.97 Å². The number of carboxylic acids is 1. The highest BCUT2D eigenvalue weighted by atomic mass is 32.1. The van der Waals surface area contributed by atoms with Gasteiger partial charge in [-0.25, -0.2) is 19.2 Å². The Bertz CT molecular complexity index is 1660. The second-order valence-corrected chi connectivity index (χ2v) is 12.0. The zero-order valence-corrected chi connectivity index (χ0v) is 24.7. The topological polar surface area (TPSA) is 89.7 Å². The van der Waals surface area contributed by atoms with Gasteiger partial charge in [0.25, 0.3) is 5.79 Å². The molecule has 0 spiro atoms.